The van der Waals surface area contributed by atoms with E-state index in [1.807, 2.05) is 41.5 Å². The molecule has 2 unspecified atom stereocenters. The molecule has 1 N–H and O–H groups in total. The number of carbonyl (C=O) groups is 1. The molecule has 11 heteroatoms. The van der Waals surface area contributed by atoms with Gasteiger partial charge in [-0.3, -0.25) is 19.9 Å². The van der Waals surface area contributed by atoms with Crippen LogP contribution in [0, 0.1) is 24.0 Å². The standard InChI is InChI=1S/C25H27N5O5S/c1-15-13-18(16(2)29(15)20-9-8-17(30(32)33)14-21(20)34-3)24-23(19-7-5-6-11-26-19)27-25(36)28(24)12-10-22(31)35-4/h5-9,11,13-14,23-24H,10,12H2,1-4H3,(H,27,36). The second-order valence-corrected chi connectivity index (χ2v) is 8.81. The maximum atomic E-state index is 11.9. The van der Waals surface area contributed by atoms with E-state index in [9.17, 15) is 14.9 Å². The Kier molecular flexibility index (Phi) is 7.20. The number of nitro benzene ring substituents is 1. The Morgan fingerprint density at radius 2 is 2.00 bits per heavy atom. The van der Waals surface area contributed by atoms with Crippen LogP contribution in [0.5, 0.6) is 5.75 Å². The van der Waals surface area contributed by atoms with Gasteiger partial charge in [-0.25, -0.2) is 0 Å². The summed E-state index contributed by atoms with van der Waals surface area (Å²) in [5, 5.41) is 15.2. The quantitative estimate of drug-likeness (QED) is 0.209. The van der Waals surface area contributed by atoms with E-state index in [0.717, 1.165) is 22.6 Å². The number of benzene rings is 1. The molecule has 4 rings (SSSR count). The maximum Gasteiger partial charge on any atom is 0.307 e. The largest absolute Gasteiger partial charge is 0.494 e. The fourth-order valence-electron chi connectivity index (χ4n) is 4.72. The van der Waals surface area contributed by atoms with Crippen LogP contribution in [0.15, 0.2) is 48.7 Å². The lowest BCUT2D eigenvalue weighted by atomic mass is 9.96. The van der Waals surface area contributed by atoms with Gasteiger partial charge in [0.15, 0.2) is 5.11 Å². The van der Waals surface area contributed by atoms with E-state index in [-0.39, 0.29) is 30.2 Å². The van der Waals surface area contributed by atoms with Gasteiger partial charge in [0.2, 0.25) is 0 Å². The van der Waals surface area contributed by atoms with Crippen molar-refractivity contribution in [3.05, 3.63) is 81.4 Å². The first-order chi connectivity index (χ1) is 17.3. The monoisotopic (exact) mass is 509 g/mol. The lowest BCUT2D eigenvalue weighted by Gasteiger charge is -2.28. The minimum atomic E-state index is -0.450. The van der Waals surface area contributed by atoms with Gasteiger partial charge in [-0.15, -0.1) is 0 Å². The Morgan fingerprint density at radius 1 is 1.22 bits per heavy atom. The first kappa shape index (κ1) is 25.1. The van der Waals surface area contributed by atoms with Gasteiger partial charge in [0.1, 0.15) is 5.75 Å². The minimum absolute atomic E-state index is 0.0483. The highest BCUT2D eigenvalue weighted by atomic mass is 32.1. The van der Waals surface area contributed by atoms with Crippen molar-refractivity contribution >= 4 is 29.0 Å². The van der Waals surface area contributed by atoms with E-state index in [2.05, 4.69) is 16.4 Å². The van der Waals surface area contributed by atoms with Crippen LogP contribution in [-0.4, -0.2) is 51.2 Å². The number of pyridine rings is 1. The van der Waals surface area contributed by atoms with Crippen LogP contribution in [0.1, 0.15) is 41.1 Å². The van der Waals surface area contributed by atoms with Gasteiger partial charge in [0, 0.05) is 30.2 Å². The highest BCUT2D eigenvalue weighted by molar-refractivity contribution is 7.80. The second-order valence-electron chi connectivity index (χ2n) is 8.42. The Morgan fingerprint density at radius 3 is 2.64 bits per heavy atom. The van der Waals surface area contributed by atoms with Crippen LogP contribution >= 0.6 is 12.2 Å². The van der Waals surface area contributed by atoms with Crippen molar-refractivity contribution < 1.29 is 19.2 Å². The number of hydrogen-bond acceptors (Lipinski definition) is 7. The molecule has 1 saturated heterocycles. The van der Waals surface area contributed by atoms with Gasteiger partial charge >= 0.3 is 5.97 Å². The zero-order valence-electron chi connectivity index (χ0n) is 20.4. The average molecular weight is 510 g/mol. The number of aryl methyl sites for hydroxylation is 1. The van der Waals surface area contributed by atoms with Gasteiger partial charge in [0.05, 0.1) is 55.1 Å². The topological polar surface area (TPSA) is 112 Å². The first-order valence-corrected chi connectivity index (χ1v) is 11.7. The van der Waals surface area contributed by atoms with Crippen molar-refractivity contribution in [2.45, 2.75) is 32.4 Å². The zero-order chi connectivity index (χ0) is 26.0. The van der Waals surface area contributed by atoms with Crippen molar-refractivity contribution in [1.82, 2.24) is 19.8 Å². The number of thiocarbonyl (C=S) groups is 1. The molecular weight excluding hydrogens is 482 g/mol. The summed E-state index contributed by atoms with van der Waals surface area (Å²) >= 11 is 5.68. The van der Waals surface area contributed by atoms with Crippen LogP contribution in [0.3, 0.4) is 0 Å². The SMILES string of the molecule is COC(=O)CCN1C(=S)NC(c2ccccn2)C1c1cc(C)n(-c2ccc([N+](=O)[O-])cc2OC)c1C. The van der Waals surface area contributed by atoms with E-state index < -0.39 is 4.92 Å². The van der Waals surface area contributed by atoms with Crippen LogP contribution in [0.4, 0.5) is 5.69 Å². The molecule has 1 aliphatic rings. The summed E-state index contributed by atoms with van der Waals surface area (Å²) in [6, 6.07) is 11.8. The Hall–Kier alpha value is -3.99. The molecular formula is C25H27N5O5S. The second kappa shape index (κ2) is 10.3. The molecule has 36 heavy (non-hydrogen) atoms. The summed E-state index contributed by atoms with van der Waals surface area (Å²) in [6.45, 7) is 4.32. The number of hydrogen-bond donors (Lipinski definition) is 1. The van der Waals surface area contributed by atoms with Gasteiger partial charge in [0.25, 0.3) is 5.69 Å². The van der Waals surface area contributed by atoms with Gasteiger partial charge in [-0.1, -0.05) is 6.07 Å². The van der Waals surface area contributed by atoms with E-state index in [1.165, 1.54) is 26.4 Å². The van der Waals surface area contributed by atoms with Crippen LogP contribution in [0.25, 0.3) is 5.69 Å². The van der Waals surface area contributed by atoms with Crippen molar-refractivity contribution in [2.75, 3.05) is 20.8 Å². The summed E-state index contributed by atoms with van der Waals surface area (Å²) in [4.78, 5) is 29.3. The summed E-state index contributed by atoms with van der Waals surface area (Å²) in [5.74, 6) is 0.0698. The number of nitro groups is 1. The molecule has 2 atom stereocenters. The highest BCUT2D eigenvalue weighted by Gasteiger charge is 2.41. The van der Waals surface area contributed by atoms with Gasteiger partial charge in [-0.2, -0.15) is 0 Å². The Balaban J connectivity index is 1.82. The molecule has 1 fully saturated rings. The summed E-state index contributed by atoms with van der Waals surface area (Å²) in [6.07, 6.45) is 1.91. The molecule has 0 radical (unpaired) electrons. The number of ether oxygens (including phenoxy) is 2. The molecule has 3 heterocycles. The molecule has 0 bridgehead atoms. The predicted molar refractivity (Wildman–Crippen MR) is 137 cm³/mol. The normalized spacial score (nSPS) is 17.1. The van der Waals surface area contributed by atoms with E-state index >= 15 is 0 Å². The van der Waals surface area contributed by atoms with E-state index in [0.29, 0.717) is 23.1 Å². The molecule has 3 aromatic rings. The number of esters is 1. The molecule has 0 amide bonds. The number of rotatable bonds is 8. The minimum Gasteiger partial charge on any atom is -0.494 e. The third-order valence-electron chi connectivity index (χ3n) is 6.39. The Labute approximate surface area is 214 Å². The molecule has 1 aliphatic heterocycles. The molecule has 0 saturated carbocycles. The third kappa shape index (κ3) is 4.61. The van der Waals surface area contributed by atoms with Crippen molar-refractivity contribution in [3.8, 4) is 11.4 Å². The Bertz CT molecular complexity index is 1310. The summed E-state index contributed by atoms with van der Waals surface area (Å²) in [5.41, 5.74) is 4.28. The average Bonchev–Trinajstić information content (AvgIpc) is 3.36. The lowest BCUT2D eigenvalue weighted by molar-refractivity contribution is -0.384. The van der Waals surface area contributed by atoms with Crippen molar-refractivity contribution in [1.29, 1.82) is 0 Å². The van der Waals surface area contributed by atoms with Gasteiger partial charge < -0.3 is 24.3 Å². The molecule has 2 aromatic heterocycles. The van der Waals surface area contributed by atoms with Gasteiger partial charge in [-0.05, 0) is 55.9 Å². The molecule has 0 aliphatic carbocycles. The molecule has 0 spiro atoms. The van der Waals surface area contributed by atoms with E-state index in [4.69, 9.17) is 21.7 Å². The third-order valence-corrected chi connectivity index (χ3v) is 6.74. The lowest BCUT2D eigenvalue weighted by Crippen LogP contribution is -2.32. The fourth-order valence-corrected chi connectivity index (χ4v) is 5.05. The first-order valence-electron chi connectivity index (χ1n) is 11.3. The van der Waals surface area contributed by atoms with Crippen molar-refractivity contribution in [3.63, 3.8) is 0 Å². The number of carbonyl (C=O) groups excluding carboxylic acids is 1. The number of aromatic nitrogens is 2. The molecule has 1 aromatic carbocycles. The number of non-ortho nitro benzene ring substituents is 1. The summed E-state index contributed by atoms with van der Waals surface area (Å²) < 4.78 is 12.4. The van der Waals surface area contributed by atoms with Crippen molar-refractivity contribution in [2.24, 2.45) is 0 Å². The van der Waals surface area contributed by atoms with E-state index in [1.54, 1.807) is 12.3 Å². The van der Waals surface area contributed by atoms with Crippen LogP contribution in [-0.2, 0) is 9.53 Å². The highest BCUT2D eigenvalue weighted by Crippen LogP contribution is 2.42. The predicted octanol–water partition coefficient (Wildman–Crippen LogP) is 3.94. The smallest absolute Gasteiger partial charge is 0.307 e. The zero-order valence-corrected chi connectivity index (χ0v) is 21.2. The number of methoxy groups -OCH3 is 2. The maximum absolute atomic E-state index is 11.9. The van der Waals surface area contributed by atoms with Crippen LogP contribution < -0.4 is 10.1 Å². The summed E-state index contributed by atoms with van der Waals surface area (Å²) in [7, 11) is 2.85. The molecule has 188 valence electrons. The van der Waals surface area contributed by atoms with Crippen LogP contribution in [0.2, 0.25) is 0 Å². The molecule has 10 nitrogen and oxygen atoms in total. The number of nitrogens with one attached hydrogen (secondary N) is 1. The fraction of sp³-hybridized carbons (Fsp3) is 0.320. The number of nitrogens with zero attached hydrogens (tertiary/aromatic N) is 4.